The molecule has 0 atom stereocenters. The number of likely N-dealkylation sites (N-methyl/N-ethyl adjacent to an activating group) is 1. The second-order valence-corrected chi connectivity index (χ2v) is 12.1. The van der Waals surface area contributed by atoms with Crippen molar-refractivity contribution >= 4 is 22.9 Å². The second kappa shape index (κ2) is 12.6. The Hall–Kier alpha value is -3.79. The van der Waals surface area contributed by atoms with E-state index in [9.17, 15) is 9.90 Å². The summed E-state index contributed by atoms with van der Waals surface area (Å²) in [5.41, 5.74) is 3.86. The Morgan fingerprint density at radius 2 is 1.88 bits per heavy atom. The predicted octanol–water partition coefficient (Wildman–Crippen LogP) is 4.87. The summed E-state index contributed by atoms with van der Waals surface area (Å²) in [5.74, 6) is 1.26. The number of carbonyl (C=O) groups excluding carboxylic acids is 1. The summed E-state index contributed by atoms with van der Waals surface area (Å²) in [4.78, 5) is 27.5. The molecule has 222 valence electrons. The van der Waals surface area contributed by atoms with Gasteiger partial charge >= 0.3 is 0 Å². The number of amides is 1. The van der Waals surface area contributed by atoms with Crippen LogP contribution in [0.5, 0.6) is 5.75 Å². The fourth-order valence-electron chi connectivity index (χ4n) is 5.62. The number of piperidine rings is 1. The molecule has 0 saturated carbocycles. The molecular formula is C33H42N6O3. The first kappa shape index (κ1) is 29.7. The lowest BCUT2D eigenvalue weighted by Crippen LogP contribution is -2.37. The first-order chi connectivity index (χ1) is 20.1. The zero-order valence-corrected chi connectivity index (χ0v) is 25.3. The van der Waals surface area contributed by atoms with E-state index in [4.69, 9.17) is 9.72 Å². The Morgan fingerprint density at radius 3 is 2.60 bits per heavy atom. The molecule has 4 aromatic rings. The number of imidazole rings is 1. The van der Waals surface area contributed by atoms with Gasteiger partial charge in [-0.05, 0) is 102 Å². The number of carbonyl (C=O) groups is 1. The SMILES string of the molecule is COc1ccccc1-c1cc(C(=O)Nc2nc3ccc(C4CCN(CCN(C)C)CC4)cc3n2CC(C)(C)O)ccn1. The van der Waals surface area contributed by atoms with Crippen molar-refractivity contribution in [2.24, 2.45) is 0 Å². The summed E-state index contributed by atoms with van der Waals surface area (Å²) in [6.45, 7) is 8.16. The van der Waals surface area contributed by atoms with Gasteiger partial charge in [-0.25, -0.2) is 4.98 Å². The van der Waals surface area contributed by atoms with E-state index in [1.807, 2.05) is 34.9 Å². The van der Waals surface area contributed by atoms with Crippen molar-refractivity contribution in [3.8, 4) is 17.0 Å². The van der Waals surface area contributed by atoms with Gasteiger partial charge in [-0.1, -0.05) is 18.2 Å². The van der Waals surface area contributed by atoms with E-state index in [1.165, 1.54) is 5.56 Å². The van der Waals surface area contributed by atoms with Crippen LogP contribution < -0.4 is 10.1 Å². The topological polar surface area (TPSA) is 95.8 Å². The van der Waals surface area contributed by atoms with Gasteiger partial charge in [0.1, 0.15) is 5.75 Å². The summed E-state index contributed by atoms with van der Waals surface area (Å²) in [5, 5.41) is 13.8. The monoisotopic (exact) mass is 570 g/mol. The summed E-state index contributed by atoms with van der Waals surface area (Å²) in [6.07, 6.45) is 3.84. The molecule has 0 radical (unpaired) electrons. The summed E-state index contributed by atoms with van der Waals surface area (Å²) < 4.78 is 7.41. The number of para-hydroxylation sites is 1. The molecule has 1 saturated heterocycles. The van der Waals surface area contributed by atoms with Crippen LogP contribution in [0.4, 0.5) is 5.95 Å². The molecule has 1 amide bonds. The van der Waals surface area contributed by atoms with Crippen molar-refractivity contribution in [3.05, 3.63) is 71.9 Å². The summed E-state index contributed by atoms with van der Waals surface area (Å²) in [7, 11) is 5.85. The third-order valence-electron chi connectivity index (χ3n) is 7.87. The molecule has 1 fully saturated rings. The first-order valence-corrected chi connectivity index (χ1v) is 14.6. The molecule has 0 spiro atoms. The molecule has 9 nitrogen and oxygen atoms in total. The second-order valence-electron chi connectivity index (χ2n) is 12.1. The highest BCUT2D eigenvalue weighted by Gasteiger charge is 2.24. The van der Waals surface area contributed by atoms with Gasteiger partial charge in [0.25, 0.3) is 5.91 Å². The quantitative estimate of drug-likeness (QED) is 0.281. The number of hydrogen-bond donors (Lipinski definition) is 2. The minimum absolute atomic E-state index is 0.286. The maximum atomic E-state index is 13.5. The number of methoxy groups -OCH3 is 1. The molecule has 0 bridgehead atoms. The van der Waals surface area contributed by atoms with E-state index in [2.05, 4.69) is 46.3 Å². The Kier molecular flexibility index (Phi) is 8.91. The third kappa shape index (κ3) is 6.98. The number of hydrogen-bond acceptors (Lipinski definition) is 7. The van der Waals surface area contributed by atoms with E-state index < -0.39 is 5.60 Å². The smallest absolute Gasteiger partial charge is 0.258 e. The fraction of sp³-hybridized carbons (Fsp3) is 0.424. The average Bonchev–Trinajstić information content (AvgIpc) is 3.30. The molecule has 2 aromatic carbocycles. The number of fused-ring (bicyclic) bond motifs is 1. The molecule has 9 heteroatoms. The van der Waals surface area contributed by atoms with Gasteiger partial charge in [0, 0.05) is 30.4 Å². The molecule has 0 aliphatic carbocycles. The van der Waals surface area contributed by atoms with Crippen molar-refractivity contribution in [2.75, 3.05) is 52.7 Å². The lowest BCUT2D eigenvalue weighted by Gasteiger charge is -2.32. The molecule has 5 rings (SSSR count). The molecule has 0 unspecified atom stereocenters. The lowest BCUT2D eigenvalue weighted by atomic mass is 9.89. The van der Waals surface area contributed by atoms with Gasteiger partial charge in [0.2, 0.25) is 5.95 Å². The van der Waals surface area contributed by atoms with Crippen molar-refractivity contribution < 1.29 is 14.6 Å². The van der Waals surface area contributed by atoms with Gasteiger partial charge in [0.05, 0.1) is 36.0 Å². The maximum Gasteiger partial charge on any atom is 0.258 e. The number of nitrogens with one attached hydrogen (secondary N) is 1. The number of rotatable bonds is 10. The van der Waals surface area contributed by atoms with E-state index in [0.29, 0.717) is 28.9 Å². The molecular weight excluding hydrogens is 528 g/mol. The highest BCUT2D eigenvalue weighted by atomic mass is 16.5. The summed E-state index contributed by atoms with van der Waals surface area (Å²) >= 11 is 0. The van der Waals surface area contributed by atoms with Crippen molar-refractivity contribution in [1.82, 2.24) is 24.3 Å². The Bertz CT molecular complexity index is 1530. The Labute approximate surface area is 248 Å². The first-order valence-electron chi connectivity index (χ1n) is 14.6. The zero-order valence-electron chi connectivity index (χ0n) is 25.3. The minimum Gasteiger partial charge on any atom is -0.496 e. The molecule has 42 heavy (non-hydrogen) atoms. The number of nitrogens with zero attached hydrogens (tertiary/aromatic N) is 5. The Balaban J connectivity index is 1.40. The van der Waals surface area contributed by atoms with Crippen molar-refractivity contribution in [3.63, 3.8) is 0 Å². The van der Waals surface area contributed by atoms with Crippen LogP contribution in [0.25, 0.3) is 22.3 Å². The molecule has 1 aliphatic heterocycles. The van der Waals surface area contributed by atoms with Crippen LogP contribution in [0.3, 0.4) is 0 Å². The standard InChI is InChI=1S/C33H42N6O3/c1-33(2,41)22-39-29-21-24(23-13-16-38(17-14-23)19-18-37(3)4)10-11-27(29)35-32(39)36-31(40)25-12-15-34-28(20-25)26-8-6-7-9-30(26)42-5/h6-12,15,20-21,23,41H,13-14,16-19,22H2,1-5H3,(H,35,36,40). The van der Waals surface area contributed by atoms with Crippen molar-refractivity contribution in [2.45, 2.75) is 44.8 Å². The van der Waals surface area contributed by atoms with Crippen molar-refractivity contribution in [1.29, 1.82) is 0 Å². The number of benzene rings is 2. The highest BCUT2D eigenvalue weighted by molar-refractivity contribution is 6.04. The highest BCUT2D eigenvalue weighted by Crippen LogP contribution is 2.32. The molecule has 2 aromatic heterocycles. The lowest BCUT2D eigenvalue weighted by molar-refractivity contribution is 0.0630. The number of pyridine rings is 1. The van der Waals surface area contributed by atoms with Crippen LogP contribution in [0.2, 0.25) is 0 Å². The molecule has 1 aliphatic rings. The minimum atomic E-state index is -1.01. The van der Waals surface area contributed by atoms with Crippen LogP contribution in [0, 0.1) is 0 Å². The third-order valence-corrected chi connectivity index (χ3v) is 7.87. The van der Waals surface area contributed by atoms with Crippen LogP contribution in [-0.4, -0.2) is 88.3 Å². The average molecular weight is 571 g/mol. The van der Waals surface area contributed by atoms with Gasteiger partial charge in [-0.3, -0.25) is 15.1 Å². The van der Waals surface area contributed by atoms with Gasteiger partial charge in [-0.15, -0.1) is 0 Å². The van der Waals surface area contributed by atoms with E-state index in [1.54, 1.807) is 39.3 Å². The van der Waals surface area contributed by atoms with E-state index >= 15 is 0 Å². The zero-order chi connectivity index (χ0) is 29.9. The predicted molar refractivity (Wildman–Crippen MR) is 167 cm³/mol. The number of aliphatic hydroxyl groups is 1. The number of aromatic nitrogens is 3. The Morgan fingerprint density at radius 1 is 1.12 bits per heavy atom. The number of ether oxygens (including phenoxy) is 1. The number of likely N-dealkylation sites (tertiary alicyclic amines) is 1. The van der Waals surface area contributed by atoms with Gasteiger partial charge in [-0.2, -0.15) is 0 Å². The normalized spacial score (nSPS) is 14.9. The van der Waals surface area contributed by atoms with Crippen LogP contribution in [0.15, 0.2) is 60.8 Å². The van der Waals surface area contributed by atoms with Crippen LogP contribution in [-0.2, 0) is 6.54 Å². The molecule has 2 N–H and O–H groups in total. The number of anilines is 1. The summed E-state index contributed by atoms with van der Waals surface area (Å²) in [6, 6.07) is 17.4. The van der Waals surface area contributed by atoms with E-state index in [-0.39, 0.29) is 12.5 Å². The van der Waals surface area contributed by atoms with Crippen LogP contribution in [0.1, 0.15) is 48.5 Å². The van der Waals surface area contributed by atoms with Gasteiger partial charge in [0.15, 0.2) is 0 Å². The largest absolute Gasteiger partial charge is 0.496 e. The van der Waals surface area contributed by atoms with E-state index in [0.717, 1.165) is 55.6 Å². The van der Waals surface area contributed by atoms with Crippen LogP contribution >= 0.6 is 0 Å². The fourth-order valence-corrected chi connectivity index (χ4v) is 5.62. The maximum absolute atomic E-state index is 13.5. The van der Waals surface area contributed by atoms with Gasteiger partial charge < -0.3 is 24.2 Å². The molecule has 3 heterocycles.